The number of aliphatic imine (C=N–C) groups is 1. The van der Waals surface area contributed by atoms with E-state index in [1.54, 1.807) is 14.1 Å². The first kappa shape index (κ1) is 17.3. The van der Waals surface area contributed by atoms with Gasteiger partial charge in [0.05, 0.1) is 6.04 Å². The van der Waals surface area contributed by atoms with Gasteiger partial charge < -0.3 is 29.9 Å². The average Bonchev–Trinajstić information content (AvgIpc) is 2.90. The normalized spacial score (nSPS) is 35.9. The third kappa shape index (κ3) is 3.83. The Kier molecular flexibility index (Phi) is 5.90. The van der Waals surface area contributed by atoms with Crippen LogP contribution in [0.15, 0.2) is 4.99 Å². The van der Waals surface area contributed by atoms with E-state index in [4.69, 9.17) is 9.47 Å². The summed E-state index contributed by atoms with van der Waals surface area (Å²) in [7, 11) is 3.14. The molecular weight excluding hydrogens is 310 g/mol. The maximum absolute atomic E-state index is 11.4. The molecule has 2 aliphatic heterocycles. The Hall–Kier alpha value is -1.03. The summed E-state index contributed by atoms with van der Waals surface area (Å²) < 4.78 is 10.8. The third-order valence-corrected chi connectivity index (χ3v) is 4.54. The molecule has 5 atom stereocenters. The molecule has 1 amide bonds. The zero-order valence-electron chi connectivity index (χ0n) is 12.9. The highest BCUT2D eigenvalue weighted by molar-refractivity contribution is 8.14. The summed E-state index contributed by atoms with van der Waals surface area (Å²) in [6.07, 6.45) is -2.50. The number of aliphatic hydroxyl groups excluding tert-OH is 2. The molecule has 5 unspecified atom stereocenters. The van der Waals surface area contributed by atoms with Crippen LogP contribution < -0.4 is 5.32 Å². The zero-order chi connectivity index (χ0) is 16.3. The van der Waals surface area contributed by atoms with E-state index in [1.165, 1.54) is 16.7 Å². The van der Waals surface area contributed by atoms with E-state index in [2.05, 4.69) is 10.3 Å². The van der Waals surface area contributed by atoms with E-state index in [0.29, 0.717) is 11.7 Å². The Morgan fingerprint density at radius 1 is 1.45 bits per heavy atom. The van der Waals surface area contributed by atoms with Gasteiger partial charge in [0.1, 0.15) is 30.4 Å². The van der Waals surface area contributed by atoms with Crippen molar-refractivity contribution in [2.75, 3.05) is 27.2 Å². The topological polar surface area (TPSA) is 104 Å². The summed E-state index contributed by atoms with van der Waals surface area (Å²) >= 11 is 1.38. The predicted octanol–water partition coefficient (Wildman–Crippen LogP) is -0.398. The van der Waals surface area contributed by atoms with E-state index in [-0.39, 0.29) is 12.0 Å². The molecule has 0 aromatic rings. The van der Waals surface area contributed by atoms with Gasteiger partial charge in [-0.3, -0.25) is 4.99 Å². The summed E-state index contributed by atoms with van der Waals surface area (Å²) in [5.74, 6) is 0. The first-order chi connectivity index (χ1) is 10.4. The number of hydrogen-bond donors (Lipinski definition) is 3. The van der Waals surface area contributed by atoms with Crippen LogP contribution in [0.2, 0.25) is 0 Å². The smallest absolute Gasteiger partial charge is 0.409 e. The molecule has 8 nitrogen and oxygen atoms in total. The number of nitrogens with zero attached hydrogens (tertiary/aromatic N) is 2. The van der Waals surface area contributed by atoms with Crippen LogP contribution in [0.4, 0.5) is 4.79 Å². The summed E-state index contributed by atoms with van der Waals surface area (Å²) in [6.45, 7) is 2.61. The number of amidine groups is 1. The van der Waals surface area contributed by atoms with Gasteiger partial charge in [0.2, 0.25) is 0 Å². The van der Waals surface area contributed by atoms with Crippen molar-refractivity contribution in [3.8, 4) is 0 Å². The van der Waals surface area contributed by atoms with E-state index in [0.717, 1.165) is 6.42 Å². The Balaban J connectivity index is 1.95. The molecular formula is C13H23N3O5S. The van der Waals surface area contributed by atoms with Crippen molar-refractivity contribution >= 4 is 23.0 Å². The molecule has 2 saturated heterocycles. The summed E-state index contributed by atoms with van der Waals surface area (Å²) in [4.78, 5) is 17.1. The van der Waals surface area contributed by atoms with Gasteiger partial charge >= 0.3 is 6.09 Å². The van der Waals surface area contributed by atoms with Crippen LogP contribution in [-0.2, 0) is 9.47 Å². The van der Waals surface area contributed by atoms with E-state index in [1.807, 2.05) is 6.92 Å². The van der Waals surface area contributed by atoms with Crippen molar-refractivity contribution in [3.63, 3.8) is 0 Å². The lowest BCUT2D eigenvalue weighted by Crippen LogP contribution is -2.60. The van der Waals surface area contributed by atoms with Crippen LogP contribution in [0.5, 0.6) is 0 Å². The first-order valence-corrected chi connectivity index (χ1v) is 8.15. The molecule has 0 bridgehead atoms. The third-order valence-electron chi connectivity index (χ3n) is 3.43. The monoisotopic (exact) mass is 333 g/mol. The number of carbonyl (C=O) groups excluding carboxylic acids is 1. The van der Waals surface area contributed by atoms with Crippen molar-refractivity contribution < 1.29 is 24.5 Å². The summed E-state index contributed by atoms with van der Waals surface area (Å²) in [5.41, 5.74) is -0.364. The lowest BCUT2D eigenvalue weighted by molar-refractivity contribution is -0.168. The van der Waals surface area contributed by atoms with Crippen molar-refractivity contribution in [1.29, 1.82) is 0 Å². The minimum atomic E-state index is -1.13. The lowest BCUT2D eigenvalue weighted by Gasteiger charge is -2.38. The maximum Gasteiger partial charge on any atom is 0.409 e. The highest BCUT2D eigenvalue weighted by Gasteiger charge is 2.49. The van der Waals surface area contributed by atoms with Gasteiger partial charge in [0.25, 0.3) is 0 Å². The molecule has 0 spiro atoms. The van der Waals surface area contributed by atoms with Gasteiger partial charge in [0.15, 0.2) is 5.17 Å². The van der Waals surface area contributed by atoms with Crippen molar-refractivity contribution in [3.05, 3.63) is 0 Å². The molecule has 22 heavy (non-hydrogen) atoms. The van der Waals surface area contributed by atoms with E-state index < -0.39 is 30.4 Å². The molecule has 9 heteroatoms. The van der Waals surface area contributed by atoms with Crippen LogP contribution in [0.25, 0.3) is 0 Å². The highest BCUT2D eigenvalue weighted by Crippen LogP contribution is 2.34. The van der Waals surface area contributed by atoms with Crippen LogP contribution in [-0.4, -0.2) is 83.4 Å². The second-order valence-electron chi connectivity index (χ2n) is 5.47. The van der Waals surface area contributed by atoms with Crippen molar-refractivity contribution in [1.82, 2.24) is 10.2 Å². The number of carbonyl (C=O) groups is 1. The lowest BCUT2D eigenvalue weighted by atomic mass is 9.98. The van der Waals surface area contributed by atoms with Gasteiger partial charge in [-0.1, -0.05) is 18.7 Å². The largest absolute Gasteiger partial charge is 0.447 e. The number of amides is 1. The Labute approximate surface area is 133 Å². The minimum absolute atomic E-state index is 0.111. The van der Waals surface area contributed by atoms with E-state index in [9.17, 15) is 15.0 Å². The molecule has 126 valence electrons. The fourth-order valence-corrected chi connectivity index (χ4v) is 3.35. The zero-order valence-corrected chi connectivity index (χ0v) is 13.7. The molecule has 0 aromatic carbocycles. The van der Waals surface area contributed by atoms with Gasteiger partial charge in [-0.15, -0.1) is 0 Å². The maximum atomic E-state index is 11.4. The standard InChI is InChI=1S/C13H23N3O5S/c1-4-5-14-12-15-8-10(18)9(17)7(21-11(8)22-12)6-20-13(19)16(2)3/h7-11,17-18H,4-6H2,1-3H3,(H,14,15). The molecule has 0 radical (unpaired) electrons. The second-order valence-corrected chi connectivity index (χ2v) is 6.56. The van der Waals surface area contributed by atoms with Gasteiger partial charge in [-0.05, 0) is 6.42 Å². The Morgan fingerprint density at radius 3 is 2.82 bits per heavy atom. The van der Waals surface area contributed by atoms with Gasteiger partial charge in [-0.25, -0.2) is 4.79 Å². The molecule has 2 aliphatic rings. The van der Waals surface area contributed by atoms with Crippen molar-refractivity contribution in [2.45, 2.75) is 43.1 Å². The molecule has 2 rings (SSSR count). The van der Waals surface area contributed by atoms with Crippen LogP contribution in [0.3, 0.4) is 0 Å². The molecule has 0 aliphatic carbocycles. The predicted molar refractivity (Wildman–Crippen MR) is 82.8 cm³/mol. The van der Waals surface area contributed by atoms with Crippen LogP contribution >= 0.6 is 11.8 Å². The van der Waals surface area contributed by atoms with E-state index >= 15 is 0 Å². The van der Waals surface area contributed by atoms with Crippen molar-refractivity contribution in [2.24, 2.45) is 4.99 Å². The molecule has 3 N–H and O–H groups in total. The second kappa shape index (κ2) is 7.49. The number of rotatable bonds is 4. The number of aliphatic hydroxyl groups is 2. The number of fused-ring (bicyclic) bond motifs is 1. The number of hydrogen-bond acceptors (Lipinski definition) is 7. The molecule has 2 fully saturated rings. The number of ether oxygens (including phenoxy) is 2. The Morgan fingerprint density at radius 2 is 2.18 bits per heavy atom. The molecule has 0 aromatic heterocycles. The molecule has 2 heterocycles. The fraction of sp³-hybridized carbons (Fsp3) is 0.846. The average molecular weight is 333 g/mol. The van der Waals surface area contributed by atoms with Gasteiger partial charge in [-0.2, -0.15) is 0 Å². The number of thioether (sulfide) groups is 1. The van der Waals surface area contributed by atoms with Gasteiger partial charge in [0, 0.05) is 20.6 Å². The minimum Gasteiger partial charge on any atom is -0.447 e. The fourth-order valence-electron chi connectivity index (χ4n) is 2.19. The summed E-state index contributed by atoms with van der Waals surface area (Å²) in [5, 5.41) is 24.1. The van der Waals surface area contributed by atoms with Crippen LogP contribution in [0.1, 0.15) is 13.3 Å². The summed E-state index contributed by atoms with van der Waals surface area (Å²) in [6, 6.07) is -0.420. The molecule has 0 saturated carbocycles. The SMILES string of the molecule is CCCN=C1NC2C(OC(COC(=O)N(C)C)C(O)C2O)S1. The van der Waals surface area contributed by atoms with Crippen LogP contribution in [0, 0.1) is 0 Å². The quantitative estimate of drug-likeness (QED) is 0.643. The highest BCUT2D eigenvalue weighted by atomic mass is 32.2. The first-order valence-electron chi connectivity index (χ1n) is 7.27. The Bertz CT molecular complexity index is 434. The number of nitrogens with one attached hydrogen (secondary N) is 1.